The van der Waals surface area contributed by atoms with E-state index in [9.17, 15) is 0 Å². The quantitative estimate of drug-likeness (QED) is 0.588. The molecule has 0 radical (unpaired) electrons. The molecule has 3 aromatic carbocycles. The number of rotatable bonds is 6. The molecule has 0 fully saturated rings. The summed E-state index contributed by atoms with van der Waals surface area (Å²) in [4.78, 5) is 0. The minimum absolute atomic E-state index is 0.604. The van der Waals surface area contributed by atoms with Crippen LogP contribution in [0, 0.1) is 0 Å². The van der Waals surface area contributed by atoms with Crippen LogP contribution < -0.4 is 10.6 Å². The van der Waals surface area contributed by atoms with Crippen molar-refractivity contribution < 1.29 is 4.52 Å². The topological polar surface area (TPSA) is 9.23 Å². The molecule has 0 saturated heterocycles. The molecule has 3 rings (SSSR count). The van der Waals surface area contributed by atoms with E-state index in [1.807, 2.05) is 18.2 Å². The molecule has 0 amide bonds. The first kappa shape index (κ1) is 15.7. The van der Waals surface area contributed by atoms with Crippen molar-refractivity contribution in [2.24, 2.45) is 0 Å². The first-order valence-electron chi connectivity index (χ1n) is 7.61. The van der Waals surface area contributed by atoms with Gasteiger partial charge < -0.3 is 4.52 Å². The van der Waals surface area contributed by atoms with Gasteiger partial charge in [-0.25, -0.2) is 0 Å². The van der Waals surface area contributed by atoms with Gasteiger partial charge in [0.05, 0.1) is 14.8 Å². The highest BCUT2D eigenvalue weighted by atomic mass is 31.1. The number of benzene rings is 3. The molecule has 0 unspecified atom stereocenters. The molecule has 23 heavy (non-hydrogen) atoms. The molecule has 0 saturated carbocycles. The Morgan fingerprint density at radius 3 is 1.74 bits per heavy atom. The molecule has 114 valence electrons. The summed E-state index contributed by atoms with van der Waals surface area (Å²) >= 11 is 0. The minimum atomic E-state index is -0.806. The molecule has 0 heterocycles. The van der Waals surface area contributed by atoms with E-state index < -0.39 is 8.15 Å². The van der Waals surface area contributed by atoms with Crippen molar-refractivity contribution in [2.45, 2.75) is 6.61 Å². The van der Waals surface area contributed by atoms with Crippen LogP contribution in [0.25, 0.3) is 6.08 Å². The van der Waals surface area contributed by atoms with Gasteiger partial charge in [-0.2, -0.15) is 0 Å². The molecule has 0 aliphatic rings. The van der Waals surface area contributed by atoms with E-state index in [0.29, 0.717) is 6.61 Å². The zero-order valence-corrected chi connectivity index (χ0v) is 13.8. The predicted molar refractivity (Wildman–Crippen MR) is 100 cm³/mol. The second-order valence-corrected chi connectivity index (χ2v) is 7.06. The van der Waals surface area contributed by atoms with Crippen LogP contribution in [0.5, 0.6) is 0 Å². The van der Waals surface area contributed by atoms with Crippen LogP contribution in [-0.4, -0.2) is 0 Å². The molecule has 3 aromatic rings. The first-order chi connectivity index (χ1) is 11.4. The smallest absolute Gasteiger partial charge is 0.0922 e. The molecule has 0 aliphatic heterocycles. The second-order valence-electron chi connectivity index (χ2n) is 5.18. The normalized spacial score (nSPS) is 10.7. The summed E-state index contributed by atoms with van der Waals surface area (Å²) in [5.74, 6) is 0. The third-order valence-corrected chi connectivity index (χ3v) is 5.48. The lowest BCUT2D eigenvalue weighted by Gasteiger charge is -2.18. The van der Waals surface area contributed by atoms with Crippen molar-refractivity contribution in [3.8, 4) is 0 Å². The van der Waals surface area contributed by atoms with Gasteiger partial charge in [0.25, 0.3) is 0 Å². The van der Waals surface area contributed by atoms with Crippen LogP contribution in [0.1, 0.15) is 11.1 Å². The summed E-state index contributed by atoms with van der Waals surface area (Å²) in [6, 6.07) is 29.2. The maximum atomic E-state index is 6.31. The van der Waals surface area contributed by atoms with Gasteiger partial charge in [-0.05, 0) is 11.1 Å². The van der Waals surface area contributed by atoms with Crippen molar-refractivity contribution in [2.75, 3.05) is 0 Å². The molecule has 0 aromatic heterocycles. The molecule has 0 aliphatic carbocycles. The lowest BCUT2D eigenvalue weighted by molar-refractivity contribution is 0.350. The summed E-state index contributed by atoms with van der Waals surface area (Å²) < 4.78 is 6.31. The maximum absolute atomic E-state index is 6.31. The molecule has 0 N–H and O–H groups in total. The van der Waals surface area contributed by atoms with Crippen LogP contribution in [0.3, 0.4) is 0 Å². The second kappa shape index (κ2) is 7.87. The average molecular weight is 318 g/mol. The van der Waals surface area contributed by atoms with Crippen molar-refractivity contribution in [1.29, 1.82) is 0 Å². The highest BCUT2D eigenvalue weighted by Gasteiger charge is 2.14. The summed E-state index contributed by atoms with van der Waals surface area (Å²) in [6.07, 6.45) is 1.85. The van der Waals surface area contributed by atoms with Crippen LogP contribution in [0.15, 0.2) is 91.5 Å². The fraction of sp³-hybridized carbons (Fsp3) is 0.0476. The Morgan fingerprint density at radius 1 is 0.739 bits per heavy atom. The Hall–Kier alpha value is -2.21. The molecular weight excluding hydrogens is 299 g/mol. The number of hydrogen-bond donors (Lipinski definition) is 0. The van der Waals surface area contributed by atoms with E-state index >= 15 is 0 Å². The number of hydrogen-bond acceptors (Lipinski definition) is 1. The van der Waals surface area contributed by atoms with Gasteiger partial charge in [-0.3, -0.25) is 0 Å². The molecule has 0 bridgehead atoms. The van der Waals surface area contributed by atoms with Crippen molar-refractivity contribution in [1.82, 2.24) is 0 Å². The van der Waals surface area contributed by atoms with Gasteiger partial charge in [0, 0.05) is 10.6 Å². The van der Waals surface area contributed by atoms with E-state index in [2.05, 4.69) is 79.4 Å². The van der Waals surface area contributed by atoms with Gasteiger partial charge in [0.2, 0.25) is 0 Å². The van der Waals surface area contributed by atoms with E-state index in [1.54, 1.807) is 0 Å². The van der Waals surface area contributed by atoms with Gasteiger partial charge >= 0.3 is 0 Å². The van der Waals surface area contributed by atoms with Crippen LogP contribution in [-0.2, 0) is 11.1 Å². The monoisotopic (exact) mass is 318 g/mol. The largest absolute Gasteiger partial charge is 0.345 e. The Labute approximate surface area is 139 Å². The van der Waals surface area contributed by atoms with E-state index in [0.717, 1.165) is 5.56 Å². The van der Waals surface area contributed by atoms with Crippen molar-refractivity contribution in [3.05, 3.63) is 103 Å². The average Bonchev–Trinajstić information content (AvgIpc) is 2.64. The van der Waals surface area contributed by atoms with Crippen molar-refractivity contribution in [3.63, 3.8) is 0 Å². The van der Waals surface area contributed by atoms with Crippen LogP contribution in [0.4, 0.5) is 0 Å². The third kappa shape index (κ3) is 4.16. The van der Waals surface area contributed by atoms with E-state index in [-0.39, 0.29) is 0 Å². The van der Waals surface area contributed by atoms with E-state index in [4.69, 9.17) is 4.52 Å². The molecule has 1 nitrogen and oxygen atoms in total. The highest BCUT2D eigenvalue weighted by molar-refractivity contribution is 7.68. The summed E-state index contributed by atoms with van der Waals surface area (Å²) in [5.41, 5.74) is 2.30. The van der Waals surface area contributed by atoms with E-state index in [1.165, 1.54) is 16.2 Å². The van der Waals surface area contributed by atoms with Gasteiger partial charge in [-0.15, -0.1) is 0 Å². The molecule has 2 heteroatoms. The first-order valence-corrected chi connectivity index (χ1v) is 8.87. The molecule has 0 atom stereocenters. The van der Waals surface area contributed by atoms with Crippen molar-refractivity contribution >= 4 is 24.8 Å². The molecular formula is C21H19OP. The summed E-state index contributed by atoms with van der Waals surface area (Å²) in [7, 11) is -0.806. The summed E-state index contributed by atoms with van der Waals surface area (Å²) in [5, 5.41) is 2.47. The summed E-state index contributed by atoms with van der Waals surface area (Å²) in [6.45, 7) is 4.39. The lowest BCUT2D eigenvalue weighted by atomic mass is 10.1. The van der Waals surface area contributed by atoms with Crippen LogP contribution in [0.2, 0.25) is 0 Å². The Balaban J connectivity index is 1.80. The Kier molecular flexibility index (Phi) is 5.37. The lowest BCUT2D eigenvalue weighted by Crippen LogP contribution is -2.13. The Morgan fingerprint density at radius 2 is 1.26 bits per heavy atom. The highest BCUT2D eigenvalue weighted by Crippen LogP contribution is 2.35. The van der Waals surface area contributed by atoms with Gasteiger partial charge in [-0.1, -0.05) is 97.6 Å². The minimum Gasteiger partial charge on any atom is -0.345 e. The van der Waals surface area contributed by atoms with Gasteiger partial charge in [0.1, 0.15) is 0 Å². The van der Waals surface area contributed by atoms with Gasteiger partial charge in [0.15, 0.2) is 0 Å². The zero-order chi connectivity index (χ0) is 15.9. The predicted octanol–water partition coefficient (Wildman–Crippen LogP) is 4.89. The molecule has 0 spiro atoms. The Bertz CT molecular complexity index is 696. The fourth-order valence-electron chi connectivity index (χ4n) is 2.31. The maximum Gasteiger partial charge on any atom is 0.0922 e. The third-order valence-electron chi connectivity index (χ3n) is 3.56. The fourth-order valence-corrected chi connectivity index (χ4v) is 4.07. The van der Waals surface area contributed by atoms with Crippen LogP contribution >= 0.6 is 8.15 Å². The zero-order valence-electron chi connectivity index (χ0n) is 12.9. The standard InChI is InChI=1S/C21H19OP/c1-2-18-13-15-19(16-14-18)17-22-23(20-9-5-3-6-10-20)21-11-7-4-8-12-21/h2-16H,1,17H2. The SMILES string of the molecule is C=Cc1ccc(COP(c2ccccc2)c2ccccc2)cc1.